The third kappa shape index (κ3) is 5.90. The number of likely N-dealkylation sites (tertiary alicyclic amines) is 1. The molecule has 0 aromatic heterocycles. The summed E-state index contributed by atoms with van der Waals surface area (Å²) >= 11 is 0. The second-order valence-electron chi connectivity index (χ2n) is 6.54. The van der Waals surface area contributed by atoms with Crippen molar-refractivity contribution in [1.82, 2.24) is 9.62 Å². The highest BCUT2D eigenvalue weighted by Gasteiger charge is 2.23. The first kappa shape index (κ1) is 18.4. The highest BCUT2D eigenvalue weighted by molar-refractivity contribution is 7.89. The van der Waals surface area contributed by atoms with Gasteiger partial charge in [-0.1, -0.05) is 49.6 Å². The van der Waals surface area contributed by atoms with Crippen molar-refractivity contribution >= 4 is 10.0 Å². The minimum Gasteiger partial charge on any atom is -0.295 e. The molecule has 1 saturated heterocycles. The van der Waals surface area contributed by atoms with Gasteiger partial charge >= 0.3 is 0 Å². The van der Waals surface area contributed by atoms with Crippen molar-refractivity contribution in [3.63, 3.8) is 0 Å². The maximum Gasteiger partial charge on any atom is 0.211 e. The van der Waals surface area contributed by atoms with Crippen LogP contribution in [0.1, 0.15) is 56.2 Å². The zero-order chi connectivity index (χ0) is 16.7. The number of rotatable bonds is 8. The Bertz CT molecular complexity index is 563. The molecule has 1 heterocycles. The molecular weight excluding hydrogens is 308 g/mol. The number of hydrogen-bond acceptors (Lipinski definition) is 3. The second kappa shape index (κ2) is 8.81. The van der Waals surface area contributed by atoms with Gasteiger partial charge in [0.05, 0.1) is 5.75 Å². The van der Waals surface area contributed by atoms with Gasteiger partial charge in [0.2, 0.25) is 10.0 Å². The molecule has 4 nitrogen and oxygen atoms in total. The number of sulfonamides is 1. The first-order chi connectivity index (χ1) is 11.0. The van der Waals surface area contributed by atoms with Gasteiger partial charge in [-0.05, 0) is 44.8 Å². The van der Waals surface area contributed by atoms with Gasteiger partial charge in [0, 0.05) is 12.6 Å². The highest BCUT2D eigenvalue weighted by atomic mass is 32.2. The average molecular weight is 339 g/mol. The van der Waals surface area contributed by atoms with Crippen LogP contribution in [0.2, 0.25) is 0 Å². The maximum absolute atomic E-state index is 12.1. The molecule has 0 saturated carbocycles. The highest BCUT2D eigenvalue weighted by Crippen LogP contribution is 2.24. The van der Waals surface area contributed by atoms with Crippen LogP contribution >= 0.6 is 0 Å². The lowest BCUT2D eigenvalue weighted by atomic mass is 10.0. The Labute approximate surface area is 141 Å². The predicted molar refractivity (Wildman–Crippen MR) is 96.0 cm³/mol. The van der Waals surface area contributed by atoms with Crippen LogP contribution < -0.4 is 4.72 Å². The van der Waals surface area contributed by atoms with Crippen molar-refractivity contribution in [2.75, 3.05) is 25.4 Å². The molecule has 1 aromatic rings. The first-order valence-electron chi connectivity index (χ1n) is 8.80. The van der Waals surface area contributed by atoms with Crippen molar-refractivity contribution in [2.45, 2.75) is 52.0 Å². The number of piperidine rings is 1. The fourth-order valence-electron chi connectivity index (χ4n) is 3.09. The van der Waals surface area contributed by atoms with Crippen LogP contribution in [-0.2, 0) is 10.0 Å². The van der Waals surface area contributed by atoms with E-state index in [1.165, 1.54) is 30.4 Å². The molecule has 0 bridgehead atoms. The average Bonchev–Trinajstić information content (AvgIpc) is 2.56. The topological polar surface area (TPSA) is 49.4 Å². The van der Waals surface area contributed by atoms with Gasteiger partial charge < -0.3 is 0 Å². The summed E-state index contributed by atoms with van der Waals surface area (Å²) in [6.45, 7) is 6.66. The zero-order valence-electron chi connectivity index (χ0n) is 14.4. The number of nitrogens with one attached hydrogen (secondary N) is 1. The largest absolute Gasteiger partial charge is 0.295 e. The van der Waals surface area contributed by atoms with Crippen molar-refractivity contribution in [3.05, 3.63) is 35.4 Å². The van der Waals surface area contributed by atoms with Gasteiger partial charge in [-0.2, -0.15) is 0 Å². The molecule has 23 heavy (non-hydrogen) atoms. The minimum absolute atomic E-state index is 0.132. The molecule has 0 radical (unpaired) electrons. The summed E-state index contributed by atoms with van der Waals surface area (Å²) in [7, 11) is -3.17. The summed E-state index contributed by atoms with van der Waals surface area (Å²) < 4.78 is 27.1. The molecule has 0 aliphatic carbocycles. The van der Waals surface area contributed by atoms with Crippen LogP contribution in [0.4, 0.5) is 0 Å². The van der Waals surface area contributed by atoms with Gasteiger partial charge in [-0.25, -0.2) is 13.1 Å². The van der Waals surface area contributed by atoms with Crippen molar-refractivity contribution < 1.29 is 8.42 Å². The Morgan fingerprint density at radius 1 is 1.13 bits per heavy atom. The molecule has 5 heteroatoms. The summed E-state index contributed by atoms with van der Waals surface area (Å²) in [6, 6.07) is 8.62. The van der Waals surface area contributed by atoms with E-state index in [2.05, 4.69) is 40.8 Å². The van der Waals surface area contributed by atoms with E-state index >= 15 is 0 Å². The van der Waals surface area contributed by atoms with Crippen LogP contribution in [0.3, 0.4) is 0 Å². The van der Waals surface area contributed by atoms with E-state index in [4.69, 9.17) is 0 Å². The minimum atomic E-state index is -3.17. The van der Waals surface area contributed by atoms with E-state index in [0.717, 1.165) is 19.5 Å². The van der Waals surface area contributed by atoms with Gasteiger partial charge in [-0.15, -0.1) is 0 Å². The molecule has 1 atom stereocenters. The smallest absolute Gasteiger partial charge is 0.211 e. The van der Waals surface area contributed by atoms with Crippen molar-refractivity contribution in [3.8, 4) is 0 Å². The predicted octanol–water partition coefficient (Wildman–Crippen LogP) is 3.24. The van der Waals surface area contributed by atoms with E-state index < -0.39 is 10.0 Å². The molecule has 0 amide bonds. The van der Waals surface area contributed by atoms with Crippen molar-refractivity contribution in [2.24, 2.45) is 0 Å². The first-order valence-corrected chi connectivity index (χ1v) is 10.4. The van der Waals surface area contributed by atoms with E-state index in [-0.39, 0.29) is 11.8 Å². The van der Waals surface area contributed by atoms with E-state index in [0.29, 0.717) is 13.0 Å². The third-order valence-corrected chi connectivity index (χ3v) is 5.99. The monoisotopic (exact) mass is 338 g/mol. The lowest BCUT2D eigenvalue weighted by Gasteiger charge is -2.35. The number of hydrogen-bond donors (Lipinski definition) is 1. The summed E-state index contributed by atoms with van der Waals surface area (Å²) in [6.07, 6.45) is 5.29. The Hall–Kier alpha value is -0.910. The van der Waals surface area contributed by atoms with Gasteiger partial charge in [0.15, 0.2) is 0 Å². The number of unbranched alkanes of at least 4 members (excludes halogenated alkanes) is 1. The van der Waals surface area contributed by atoms with Gasteiger partial charge in [0.25, 0.3) is 0 Å². The molecule has 1 unspecified atom stereocenters. The van der Waals surface area contributed by atoms with Crippen molar-refractivity contribution in [1.29, 1.82) is 0 Å². The van der Waals surface area contributed by atoms with Gasteiger partial charge in [-0.3, -0.25) is 4.90 Å². The summed E-state index contributed by atoms with van der Waals surface area (Å²) in [5.74, 6) is 0.226. The molecule has 1 aliphatic heterocycles. The van der Waals surface area contributed by atoms with Gasteiger partial charge in [0.1, 0.15) is 0 Å². The van der Waals surface area contributed by atoms with Crippen LogP contribution in [0.25, 0.3) is 0 Å². The molecule has 1 N–H and O–H groups in total. The molecular formula is C18H30N2O2S. The fourth-order valence-corrected chi connectivity index (χ4v) is 4.31. The number of nitrogens with zero attached hydrogens (tertiary/aromatic N) is 1. The number of benzene rings is 1. The zero-order valence-corrected chi connectivity index (χ0v) is 15.2. The van der Waals surface area contributed by atoms with Crippen LogP contribution in [0, 0.1) is 6.92 Å². The summed E-state index contributed by atoms with van der Waals surface area (Å²) in [5.41, 5.74) is 2.44. The molecule has 0 spiro atoms. The molecule has 1 fully saturated rings. The molecule has 1 aromatic carbocycles. The Morgan fingerprint density at radius 3 is 2.39 bits per heavy atom. The van der Waals surface area contributed by atoms with Crippen LogP contribution in [0.5, 0.6) is 0 Å². The summed E-state index contributed by atoms with van der Waals surface area (Å²) in [4.78, 5) is 2.43. The van der Waals surface area contributed by atoms with E-state index in [1.54, 1.807) is 0 Å². The fraction of sp³-hybridized carbons (Fsp3) is 0.667. The lowest BCUT2D eigenvalue weighted by molar-refractivity contribution is 0.164. The Kier molecular flexibility index (Phi) is 7.06. The Balaban J connectivity index is 2.08. The molecule has 2 rings (SSSR count). The van der Waals surface area contributed by atoms with E-state index in [1.807, 2.05) is 6.92 Å². The normalized spacial score (nSPS) is 18.0. The summed E-state index contributed by atoms with van der Waals surface area (Å²) in [5, 5.41) is 0. The molecule has 1 aliphatic rings. The lowest BCUT2D eigenvalue weighted by Crippen LogP contribution is -2.41. The standard InChI is InChI=1S/C18H30N2O2S/c1-3-4-14-23(21,22)19-15-18(20-12-6-5-7-13-20)17-10-8-16(2)9-11-17/h8-11,18-19H,3-7,12-15H2,1-2H3. The second-order valence-corrected chi connectivity index (χ2v) is 8.47. The van der Waals surface area contributed by atoms with E-state index in [9.17, 15) is 8.42 Å². The quantitative estimate of drug-likeness (QED) is 0.791. The Morgan fingerprint density at radius 2 is 1.78 bits per heavy atom. The number of aryl methyl sites for hydroxylation is 1. The maximum atomic E-state index is 12.1. The molecule has 130 valence electrons. The SMILES string of the molecule is CCCCS(=O)(=O)NCC(c1ccc(C)cc1)N1CCCCC1. The van der Waals surface area contributed by atoms with Crippen LogP contribution in [-0.4, -0.2) is 38.7 Å². The van der Waals surface area contributed by atoms with Crippen LogP contribution in [0.15, 0.2) is 24.3 Å². The third-order valence-electron chi connectivity index (χ3n) is 4.56.